The predicted molar refractivity (Wildman–Crippen MR) is 52.7 cm³/mol. The minimum Gasteiger partial charge on any atom is -0.459 e. The molecule has 1 aliphatic heterocycles. The zero-order chi connectivity index (χ0) is 10.8. The van der Waals surface area contributed by atoms with Crippen molar-refractivity contribution in [2.24, 2.45) is 11.1 Å². The fourth-order valence-electron chi connectivity index (χ4n) is 1.20. The third kappa shape index (κ3) is 2.96. The molecule has 1 saturated heterocycles. The number of carbonyl (C=O) groups is 1. The summed E-state index contributed by atoms with van der Waals surface area (Å²) in [5.74, 6) is -0.326. The summed E-state index contributed by atoms with van der Waals surface area (Å²) in [4.78, 5) is 11.5. The van der Waals surface area contributed by atoms with Crippen molar-refractivity contribution in [1.29, 1.82) is 0 Å². The topological polar surface area (TPSA) is 61.6 Å². The quantitative estimate of drug-likeness (QED) is 0.668. The van der Waals surface area contributed by atoms with E-state index in [9.17, 15) is 4.79 Å². The first-order chi connectivity index (χ1) is 6.41. The molecule has 0 aromatic carbocycles. The number of nitrogens with two attached hydrogens (primary N) is 1. The molecule has 0 amide bonds. The van der Waals surface area contributed by atoms with Crippen molar-refractivity contribution in [3.8, 4) is 0 Å². The Morgan fingerprint density at radius 1 is 1.57 bits per heavy atom. The van der Waals surface area contributed by atoms with Gasteiger partial charge in [0.25, 0.3) is 0 Å². The molecule has 0 aromatic heterocycles. The lowest BCUT2D eigenvalue weighted by molar-refractivity contribution is -0.153. The van der Waals surface area contributed by atoms with Gasteiger partial charge in [0, 0.05) is 6.42 Å². The van der Waals surface area contributed by atoms with Crippen molar-refractivity contribution >= 4 is 5.97 Å². The molecule has 1 unspecified atom stereocenters. The summed E-state index contributed by atoms with van der Waals surface area (Å²) in [7, 11) is 0. The Labute approximate surface area is 84.7 Å². The number of rotatable bonds is 2. The standard InChI is InChI=1S/C10H19NO3/c1-10(2,3)8(11)9(12)14-7-4-5-13-6-7/h7-8H,4-6,11H2,1-3H3/t7?,8-/m0/s1. The highest BCUT2D eigenvalue weighted by atomic mass is 16.6. The zero-order valence-electron chi connectivity index (χ0n) is 9.08. The Kier molecular flexibility index (Phi) is 3.50. The normalized spacial score (nSPS) is 24.7. The summed E-state index contributed by atoms with van der Waals surface area (Å²) in [6, 6.07) is -0.567. The molecule has 4 nitrogen and oxygen atoms in total. The summed E-state index contributed by atoms with van der Waals surface area (Å²) in [6.45, 7) is 6.93. The van der Waals surface area contributed by atoms with Crippen molar-refractivity contribution < 1.29 is 14.3 Å². The molecule has 2 atom stereocenters. The lowest BCUT2D eigenvalue weighted by Crippen LogP contribution is -2.44. The van der Waals surface area contributed by atoms with E-state index in [4.69, 9.17) is 15.2 Å². The molecule has 1 rings (SSSR count). The van der Waals surface area contributed by atoms with Crippen LogP contribution in [0.3, 0.4) is 0 Å². The Hall–Kier alpha value is -0.610. The highest BCUT2D eigenvalue weighted by Gasteiger charge is 2.31. The molecule has 1 heterocycles. The first-order valence-corrected chi connectivity index (χ1v) is 4.95. The molecule has 0 bridgehead atoms. The van der Waals surface area contributed by atoms with Crippen LogP contribution in [0.25, 0.3) is 0 Å². The summed E-state index contributed by atoms with van der Waals surface area (Å²) in [6.07, 6.45) is 0.679. The molecule has 0 radical (unpaired) electrons. The Balaban J connectivity index is 2.41. The largest absolute Gasteiger partial charge is 0.459 e. The Morgan fingerprint density at radius 3 is 2.64 bits per heavy atom. The Morgan fingerprint density at radius 2 is 2.21 bits per heavy atom. The second kappa shape index (κ2) is 4.28. The number of ether oxygens (including phenoxy) is 2. The molecule has 82 valence electrons. The van der Waals surface area contributed by atoms with E-state index < -0.39 is 6.04 Å². The van der Waals surface area contributed by atoms with E-state index in [1.807, 2.05) is 20.8 Å². The number of esters is 1. The van der Waals surface area contributed by atoms with Gasteiger partial charge in [-0.3, -0.25) is 4.79 Å². The van der Waals surface area contributed by atoms with Crippen molar-refractivity contribution in [2.75, 3.05) is 13.2 Å². The summed E-state index contributed by atoms with van der Waals surface area (Å²) in [5.41, 5.74) is 5.50. The molecule has 0 saturated carbocycles. The summed E-state index contributed by atoms with van der Waals surface area (Å²) < 4.78 is 10.3. The summed E-state index contributed by atoms with van der Waals surface area (Å²) >= 11 is 0. The van der Waals surface area contributed by atoms with Crippen LogP contribution < -0.4 is 5.73 Å². The molecule has 0 aromatic rings. The lowest BCUT2D eigenvalue weighted by Gasteiger charge is -2.26. The first kappa shape index (κ1) is 11.5. The van der Waals surface area contributed by atoms with Crippen LogP contribution in [-0.2, 0) is 14.3 Å². The maximum atomic E-state index is 11.5. The molecule has 0 aliphatic carbocycles. The van der Waals surface area contributed by atoms with Gasteiger partial charge in [0.15, 0.2) is 0 Å². The third-order valence-electron chi connectivity index (χ3n) is 2.36. The fraction of sp³-hybridized carbons (Fsp3) is 0.900. The van der Waals surface area contributed by atoms with Crippen LogP contribution in [0.2, 0.25) is 0 Å². The molecule has 1 fully saturated rings. The highest BCUT2D eigenvalue weighted by molar-refractivity contribution is 5.76. The smallest absolute Gasteiger partial charge is 0.323 e. The molecular weight excluding hydrogens is 182 g/mol. The van der Waals surface area contributed by atoms with E-state index in [2.05, 4.69) is 0 Å². The fourth-order valence-corrected chi connectivity index (χ4v) is 1.20. The van der Waals surface area contributed by atoms with E-state index in [0.29, 0.717) is 13.2 Å². The third-order valence-corrected chi connectivity index (χ3v) is 2.36. The van der Waals surface area contributed by atoms with Gasteiger partial charge < -0.3 is 15.2 Å². The second-order valence-electron chi connectivity index (χ2n) is 4.77. The van der Waals surface area contributed by atoms with Gasteiger partial charge in [-0.25, -0.2) is 0 Å². The second-order valence-corrected chi connectivity index (χ2v) is 4.77. The van der Waals surface area contributed by atoms with Crippen molar-refractivity contribution in [3.63, 3.8) is 0 Å². The van der Waals surface area contributed by atoms with Gasteiger partial charge in [-0.2, -0.15) is 0 Å². The minimum atomic E-state index is -0.567. The number of hydrogen-bond donors (Lipinski definition) is 1. The van der Waals surface area contributed by atoms with Gasteiger partial charge in [-0.05, 0) is 5.41 Å². The van der Waals surface area contributed by atoms with E-state index in [-0.39, 0.29) is 17.5 Å². The predicted octanol–water partition coefficient (Wildman–Crippen LogP) is 0.692. The van der Waals surface area contributed by atoms with Crippen LogP contribution in [0.4, 0.5) is 0 Å². The van der Waals surface area contributed by atoms with Crippen molar-refractivity contribution in [3.05, 3.63) is 0 Å². The maximum Gasteiger partial charge on any atom is 0.323 e. The van der Waals surface area contributed by atoms with E-state index >= 15 is 0 Å². The van der Waals surface area contributed by atoms with Gasteiger partial charge >= 0.3 is 5.97 Å². The maximum absolute atomic E-state index is 11.5. The molecule has 4 heteroatoms. The highest BCUT2D eigenvalue weighted by Crippen LogP contribution is 2.19. The van der Waals surface area contributed by atoms with E-state index in [1.54, 1.807) is 0 Å². The van der Waals surface area contributed by atoms with Gasteiger partial charge in [-0.1, -0.05) is 20.8 Å². The van der Waals surface area contributed by atoms with Crippen LogP contribution in [0.1, 0.15) is 27.2 Å². The van der Waals surface area contributed by atoms with E-state index in [0.717, 1.165) is 6.42 Å². The summed E-state index contributed by atoms with van der Waals surface area (Å²) in [5, 5.41) is 0. The molecule has 14 heavy (non-hydrogen) atoms. The number of carbonyl (C=O) groups excluding carboxylic acids is 1. The van der Waals surface area contributed by atoms with Crippen LogP contribution in [0, 0.1) is 5.41 Å². The van der Waals surface area contributed by atoms with E-state index in [1.165, 1.54) is 0 Å². The van der Waals surface area contributed by atoms with Crippen molar-refractivity contribution in [2.45, 2.75) is 39.3 Å². The van der Waals surface area contributed by atoms with Gasteiger partial charge in [0.2, 0.25) is 0 Å². The molecule has 0 spiro atoms. The lowest BCUT2D eigenvalue weighted by atomic mass is 9.87. The van der Waals surface area contributed by atoms with Crippen LogP contribution in [0.15, 0.2) is 0 Å². The molecule has 2 N–H and O–H groups in total. The average molecular weight is 201 g/mol. The molecular formula is C10H19NO3. The van der Waals surface area contributed by atoms with Gasteiger partial charge in [0.05, 0.1) is 13.2 Å². The SMILES string of the molecule is CC(C)(C)[C@@H](N)C(=O)OC1CCOC1. The number of hydrogen-bond acceptors (Lipinski definition) is 4. The van der Waals surface area contributed by atoms with Crippen LogP contribution >= 0.6 is 0 Å². The Bertz CT molecular complexity index is 204. The first-order valence-electron chi connectivity index (χ1n) is 4.95. The average Bonchev–Trinajstić information content (AvgIpc) is 2.53. The van der Waals surface area contributed by atoms with Crippen LogP contribution in [0.5, 0.6) is 0 Å². The minimum absolute atomic E-state index is 0.101. The molecule has 1 aliphatic rings. The van der Waals surface area contributed by atoms with Crippen LogP contribution in [-0.4, -0.2) is 31.3 Å². The van der Waals surface area contributed by atoms with Crippen molar-refractivity contribution in [1.82, 2.24) is 0 Å². The monoisotopic (exact) mass is 201 g/mol. The van der Waals surface area contributed by atoms with Gasteiger partial charge in [0.1, 0.15) is 12.1 Å². The van der Waals surface area contributed by atoms with Gasteiger partial charge in [-0.15, -0.1) is 0 Å². The zero-order valence-corrected chi connectivity index (χ0v) is 9.08.